The Labute approximate surface area is 275 Å². The number of H-pyrrole nitrogens is 2. The average Bonchev–Trinajstić information content (AvgIpc) is 3.80. The number of hydrogen-bond acceptors (Lipinski definition) is 7. The summed E-state index contributed by atoms with van der Waals surface area (Å²) in [6.07, 6.45) is 0. The SMILES string of the molecule is CC(C)(Br)C(=O)Nc1ccc2c(c1)-c1nc-2nc2[nH]c(nc3nc(nc4[nH]c(n1)c1ccccc41)-c1ccccc1-3)c1ccccc21. The highest BCUT2D eigenvalue weighted by Gasteiger charge is 2.26. The number of halogens is 1. The number of nitrogens with one attached hydrogen (secondary N) is 3. The second-order valence-electron chi connectivity index (χ2n) is 11.9. The van der Waals surface area contributed by atoms with E-state index in [1.165, 1.54) is 0 Å². The summed E-state index contributed by atoms with van der Waals surface area (Å²) in [5, 5.41) is 6.58. The van der Waals surface area contributed by atoms with Gasteiger partial charge in [-0.15, -0.1) is 0 Å². The van der Waals surface area contributed by atoms with Gasteiger partial charge in [0, 0.05) is 49.5 Å². The van der Waals surface area contributed by atoms with E-state index in [1.807, 2.05) is 91.0 Å². The number of aromatic nitrogens is 8. The highest BCUT2D eigenvalue weighted by molar-refractivity contribution is 9.10. The molecule has 5 heterocycles. The summed E-state index contributed by atoms with van der Waals surface area (Å²) in [5.41, 5.74) is 6.42. The number of rotatable bonds is 2. The van der Waals surface area contributed by atoms with Crippen LogP contribution in [-0.4, -0.2) is 50.1 Å². The molecule has 3 N–H and O–H groups in total. The van der Waals surface area contributed by atoms with Crippen molar-refractivity contribution in [3.63, 3.8) is 0 Å². The van der Waals surface area contributed by atoms with Crippen molar-refractivity contribution in [1.82, 2.24) is 39.9 Å². The Morgan fingerprint density at radius 2 is 0.936 bits per heavy atom. The van der Waals surface area contributed by atoms with Crippen molar-refractivity contribution in [2.45, 2.75) is 18.2 Å². The maximum atomic E-state index is 12.8. The minimum Gasteiger partial charge on any atom is -0.325 e. The molecule has 2 aliphatic heterocycles. The van der Waals surface area contributed by atoms with Crippen LogP contribution in [0.5, 0.6) is 0 Å². The quantitative estimate of drug-likeness (QED) is 0.158. The lowest BCUT2D eigenvalue weighted by Crippen LogP contribution is -2.30. The van der Waals surface area contributed by atoms with E-state index < -0.39 is 4.32 Å². The molecule has 0 saturated heterocycles. The number of alkyl halides is 1. The molecule has 1 amide bonds. The van der Waals surface area contributed by atoms with E-state index in [-0.39, 0.29) is 5.91 Å². The second kappa shape index (κ2) is 10.1. The molecule has 2 aliphatic rings. The van der Waals surface area contributed by atoms with Crippen LogP contribution in [0.25, 0.3) is 89.7 Å². The molecular weight excluding hydrogens is 654 g/mol. The van der Waals surface area contributed by atoms with Gasteiger partial charge in [0.1, 0.15) is 22.6 Å². The first-order valence-corrected chi connectivity index (χ1v) is 15.8. The summed E-state index contributed by atoms with van der Waals surface area (Å²) in [6.45, 7) is 3.60. The van der Waals surface area contributed by atoms with E-state index >= 15 is 0 Å². The van der Waals surface area contributed by atoms with Crippen molar-refractivity contribution in [2.75, 3.05) is 5.32 Å². The molecule has 0 fully saturated rings. The lowest BCUT2D eigenvalue weighted by Gasteiger charge is -2.16. The van der Waals surface area contributed by atoms with Crippen LogP contribution in [0.1, 0.15) is 13.8 Å². The lowest BCUT2D eigenvalue weighted by molar-refractivity contribution is -0.117. The molecule has 0 saturated carbocycles. The maximum Gasteiger partial charge on any atom is 0.240 e. The number of aromatic amines is 2. The summed E-state index contributed by atoms with van der Waals surface area (Å²) in [5.74, 6) is 1.89. The third kappa shape index (κ3) is 4.50. The number of hydrogen-bond donors (Lipinski definition) is 3. The smallest absolute Gasteiger partial charge is 0.240 e. The molecule has 0 spiro atoms. The predicted molar refractivity (Wildman–Crippen MR) is 188 cm³/mol. The van der Waals surface area contributed by atoms with Gasteiger partial charge in [-0.25, -0.2) is 29.9 Å². The molecule has 0 unspecified atom stereocenters. The van der Waals surface area contributed by atoms with Crippen LogP contribution in [0.3, 0.4) is 0 Å². The highest BCUT2D eigenvalue weighted by atomic mass is 79.9. The number of benzene rings is 4. The summed E-state index contributed by atoms with van der Waals surface area (Å²) < 4.78 is -0.743. The van der Waals surface area contributed by atoms with Gasteiger partial charge >= 0.3 is 0 Å². The zero-order valence-corrected chi connectivity index (χ0v) is 26.7. The Morgan fingerprint density at radius 1 is 0.553 bits per heavy atom. The van der Waals surface area contributed by atoms with Crippen molar-refractivity contribution in [3.8, 4) is 45.6 Å². The standard InChI is InChI=1S/C36H24BrN9O/c1-36(2,37)35(47)38-18-15-16-25-26(17-18)34-45-32-24-14-8-7-13-23(24)30(43-32)41-28-20-10-4-3-9-19(20)27(39-28)40-29-21-11-5-6-12-22(21)31(42-29)44-33(25)46-34/h3-17H,1-2H3,(H,38,47)(H2,39,40,41,42,43,44,45,46). The monoisotopic (exact) mass is 677 g/mol. The van der Waals surface area contributed by atoms with E-state index in [9.17, 15) is 4.79 Å². The fourth-order valence-corrected chi connectivity index (χ4v) is 6.10. The molecule has 47 heavy (non-hydrogen) atoms. The van der Waals surface area contributed by atoms with Gasteiger partial charge in [-0.2, -0.15) is 0 Å². The van der Waals surface area contributed by atoms with Crippen LogP contribution in [0.2, 0.25) is 0 Å². The van der Waals surface area contributed by atoms with Crippen molar-refractivity contribution in [3.05, 3.63) is 91.0 Å². The van der Waals surface area contributed by atoms with Crippen molar-refractivity contribution >= 4 is 71.7 Å². The molecule has 7 aromatic rings. The highest BCUT2D eigenvalue weighted by Crippen LogP contribution is 2.38. The molecule has 9 rings (SSSR count). The maximum absolute atomic E-state index is 12.8. The van der Waals surface area contributed by atoms with Gasteiger partial charge in [0.05, 0.1) is 4.32 Å². The number of carbonyl (C=O) groups is 1. The Balaban J connectivity index is 1.41. The molecule has 0 aliphatic carbocycles. The van der Waals surface area contributed by atoms with Crippen LogP contribution >= 0.6 is 15.9 Å². The Kier molecular flexibility index (Phi) is 5.91. The fraction of sp³-hybridized carbons (Fsp3) is 0.0833. The van der Waals surface area contributed by atoms with Crippen LogP contribution < -0.4 is 5.32 Å². The summed E-state index contributed by atoms with van der Waals surface area (Å²) in [4.78, 5) is 49.8. The third-order valence-electron chi connectivity index (χ3n) is 8.35. The lowest BCUT2D eigenvalue weighted by atomic mass is 10.1. The Hall–Kier alpha value is -5.81. The number of nitrogens with zero attached hydrogens (tertiary/aromatic N) is 6. The fourth-order valence-electron chi connectivity index (χ4n) is 6.00. The second-order valence-corrected chi connectivity index (χ2v) is 13.9. The molecule has 0 radical (unpaired) electrons. The average molecular weight is 679 g/mol. The van der Waals surface area contributed by atoms with Crippen LogP contribution in [-0.2, 0) is 4.79 Å². The minimum absolute atomic E-state index is 0.169. The summed E-state index contributed by atoms with van der Waals surface area (Å²) in [7, 11) is 0. The number of fused-ring (bicyclic) bond motifs is 20. The van der Waals surface area contributed by atoms with Crippen molar-refractivity contribution in [1.29, 1.82) is 0 Å². The van der Waals surface area contributed by atoms with E-state index in [0.29, 0.717) is 51.6 Å². The summed E-state index contributed by atoms with van der Waals surface area (Å²) >= 11 is 3.45. The van der Waals surface area contributed by atoms with Crippen LogP contribution in [0.4, 0.5) is 5.69 Å². The van der Waals surface area contributed by atoms with Crippen molar-refractivity contribution in [2.24, 2.45) is 0 Å². The summed E-state index contributed by atoms with van der Waals surface area (Å²) in [6, 6.07) is 29.5. The van der Waals surface area contributed by atoms with E-state index in [4.69, 9.17) is 29.9 Å². The van der Waals surface area contributed by atoms with Gasteiger partial charge in [0.25, 0.3) is 0 Å². The Bertz CT molecular complexity index is 2630. The van der Waals surface area contributed by atoms with E-state index in [2.05, 4.69) is 31.2 Å². The van der Waals surface area contributed by atoms with E-state index in [0.717, 1.165) is 43.8 Å². The molecule has 226 valence electrons. The van der Waals surface area contributed by atoms with Gasteiger partial charge in [-0.3, -0.25) is 4.79 Å². The largest absolute Gasteiger partial charge is 0.325 e. The molecule has 3 aromatic heterocycles. The number of carbonyl (C=O) groups excluding carboxylic acids is 1. The van der Waals surface area contributed by atoms with Gasteiger partial charge in [-0.1, -0.05) is 88.7 Å². The van der Waals surface area contributed by atoms with Gasteiger partial charge in [0.15, 0.2) is 23.3 Å². The number of anilines is 1. The molecule has 4 aromatic carbocycles. The normalized spacial score (nSPS) is 12.2. The zero-order valence-electron chi connectivity index (χ0n) is 25.1. The first kappa shape index (κ1) is 27.5. The topological polar surface area (TPSA) is 138 Å². The molecule has 0 atom stereocenters. The first-order valence-electron chi connectivity index (χ1n) is 15.0. The van der Waals surface area contributed by atoms with Crippen molar-refractivity contribution < 1.29 is 4.79 Å². The molecular formula is C36H24BrN9O. The van der Waals surface area contributed by atoms with Gasteiger partial charge in [0.2, 0.25) is 5.91 Å². The number of amides is 1. The Morgan fingerprint density at radius 3 is 1.36 bits per heavy atom. The van der Waals surface area contributed by atoms with Crippen LogP contribution in [0, 0.1) is 0 Å². The zero-order chi connectivity index (χ0) is 31.9. The molecule has 10 nitrogen and oxygen atoms in total. The van der Waals surface area contributed by atoms with Crippen LogP contribution in [0.15, 0.2) is 91.0 Å². The predicted octanol–water partition coefficient (Wildman–Crippen LogP) is 7.98. The van der Waals surface area contributed by atoms with Gasteiger partial charge in [-0.05, 0) is 32.0 Å². The first-order chi connectivity index (χ1) is 22.8. The molecule has 11 heteroatoms. The van der Waals surface area contributed by atoms with E-state index in [1.54, 1.807) is 13.8 Å². The minimum atomic E-state index is -0.743. The van der Waals surface area contributed by atoms with Gasteiger partial charge < -0.3 is 15.3 Å². The third-order valence-corrected chi connectivity index (χ3v) is 8.71. The molecule has 8 bridgehead atoms.